The molecule has 0 aliphatic carbocycles. The Morgan fingerprint density at radius 3 is 2.81 bits per heavy atom. The number of anilines is 1. The number of likely N-dealkylation sites (tertiary alicyclic amines) is 1. The Morgan fingerprint density at radius 2 is 1.94 bits per heavy atom. The Balaban J connectivity index is 1.13. The smallest absolute Gasteiger partial charge is 0.233 e. The molecule has 0 spiro atoms. The fourth-order valence-electron chi connectivity index (χ4n) is 3.80. The standard InChI is InChI=1S/C23H23N5OS3/c29-20(15-30-23-27-26-22(32-23)24-13-16-7-2-1-3-8-16)28-12-6-9-17(14-28)21-25-18-10-4-5-11-19(18)31-21/h1-5,7-8,10-11,17H,6,9,12-15H2,(H,24,26)/t17-/m0/s1. The lowest BCUT2D eigenvalue weighted by Gasteiger charge is -2.31. The summed E-state index contributed by atoms with van der Waals surface area (Å²) in [4.78, 5) is 19.7. The van der Waals surface area contributed by atoms with Crippen LogP contribution >= 0.6 is 34.4 Å². The van der Waals surface area contributed by atoms with Gasteiger partial charge in [0.1, 0.15) is 0 Å². The van der Waals surface area contributed by atoms with E-state index in [1.165, 1.54) is 33.4 Å². The third-order valence-electron chi connectivity index (χ3n) is 5.45. The highest BCUT2D eigenvalue weighted by molar-refractivity contribution is 8.01. The zero-order valence-corrected chi connectivity index (χ0v) is 19.9. The van der Waals surface area contributed by atoms with Crippen LogP contribution in [-0.2, 0) is 11.3 Å². The second-order valence-corrected chi connectivity index (χ2v) is 11.0. The van der Waals surface area contributed by atoms with Gasteiger partial charge in [0, 0.05) is 25.6 Å². The number of rotatable bonds is 7. The number of thiazole rings is 1. The van der Waals surface area contributed by atoms with Crippen LogP contribution in [0.25, 0.3) is 10.2 Å². The van der Waals surface area contributed by atoms with Crippen LogP contribution in [0.1, 0.15) is 29.3 Å². The molecular weight excluding hydrogens is 458 g/mol. The minimum atomic E-state index is 0.162. The van der Waals surface area contributed by atoms with Gasteiger partial charge in [-0.1, -0.05) is 65.6 Å². The van der Waals surface area contributed by atoms with E-state index >= 15 is 0 Å². The van der Waals surface area contributed by atoms with Crippen molar-refractivity contribution in [2.24, 2.45) is 0 Å². The van der Waals surface area contributed by atoms with Crippen LogP contribution in [0, 0.1) is 0 Å². The summed E-state index contributed by atoms with van der Waals surface area (Å²) in [6.07, 6.45) is 2.10. The van der Waals surface area contributed by atoms with Crippen LogP contribution in [0.5, 0.6) is 0 Å². The molecule has 164 valence electrons. The highest BCUT2D eigenvalue weighted by Crippen LogP contribution is 2.33. The predicted octanol–water partition coefficient (Wildman–Crippen LogP) is 5.26. The molecule has 1 amide bonds. The van der Waals surface area contributed by atoms with Gasteiger partial charge >= 0.3 is 0 Å². The van der Waals surface area contributed by atoms with Crippen LogP contribution in [0.15, 0.2) is 58.9 Å². The summed E-state index contributed by atoms with van der Waals surface area (Å²) in [6, 6.07) is 18.4. The van der Waals surface area contributed by atoms with Crippen molar-refractivity contribution < 1.29 is 4.79 Å². The first-order chi connectivity index (χ1) is 15.7. The summed E-state index contributed by atoms with van der Waals surface area (Å²) in [5.41, 5.74) is 2.25. The number of hydrogen-bond acceptors (Lipinski definition) is 8. The van der Waals surface area contributed by atoms with Gasteiger partial charge in [-0.15, -0.1) is 21.5 Å². The maximum Gasteiger partial charge on any atom is 0.233 e. The van der Waals surface area contributed by atoms with Crippen LogP contribution in [-0.4, -0.2) is 44.8 Å². The number of amides is 1. The lowest BCUT2D eigenvalue weighted by atomic mass is 9.99. The van der Waals surface area contributed by atoms with E-state index in [2.05, 4.69) is 39.8 Å². The monoisotopic (exact) mass is 481 g/mol. The molecule has 5 rings (SSSR count). The molecule has 2 aromatic carbocycles. The van der Waals surface area contributed by atoms with Crippen LogP contribution < -0.4 is 5.32 Å². The topological polar surface area (TPSA) is 71.0 Å². The number of piperidine rings is 1. The molecular formula is C23H23N5OS3. The maximum absolute atomic E-state index is 12.9. The summed E-state index contributed by atoms with van der Waals surface area (Å²) in [5, 5.41) is 13.6. The first-order valence-electron chi connectivity index (χ1n) is 10.6. The van der Waals surface area contributed by atoms with Gasteiger partial charge < -0.3 is 10.2 Å². The third-order valence-corrected chi connectivity index (χ3v) is 8.64. The summed E-state index contributed by atoms with van der Waals surface area (Å²) in [6.45, 7) is 2.28. The maximum atomic E-state index is 12.9. The van der Waals surface area contributed by atoms with E-state index in [1.54, 1.807) is 11.3 Å². The number of para-hydroxylation sites is 1. The first kappa shape index (κ1) is 21.4. The number of hydrogen-bond donors (Lipinski definition) is 1. The molecule has 0 saturated carbocycles. The third kappa shape index (κ3) is 5.11. The van der Waals surface area contributed by atoms with Gasteiger partial charge in [0.15, 0.2) is 4.34 Å². The Labute approximate surface area is 199 Å². The van der Waals surface area contributed by atoms with Gasteiger partial charge in [0.2, 0.25) is 11.0 Å². The molecule has 1 atom stereocenters. The summed E-state index contributed by atoms with van der Waals surface area (Å²) >= 11 is 4.71. The van der Waals surface area contributed by atoms with Crippen molar-refractivity contribution >= 4 is 55.7 Å². The number of carbonyl (C=O) groups is 1. The molecule has 3 heterocycles. The zero-order chi connectivity index (χ0) is 21.8. The molecule has 0 unspecified atom stereocenters. The van der Waals surface area contributed by atoms with Crippen LogP contribution in [0.4, 0.5) is 5.13 Å². The average Bonchev–Trinajstić information content (AvgIpc) is 3.49. The van der Waals surface area contributed by atoms with E-state index in [-0.39, 0.29) is 5.91 Å². The normalized spacial score (nSPS) is 16.4. The van der Waals surface area contributed by atoms with Gasteiger partial charge in [0.05, 0.1) is 21.0 Å². The van der Waals surface area contributed by atoms with Gasteiger partial charge in [-0.3, -0.25) is 4.79 Å². The molecule has 1 saturated heterocycles. The Morgan fingerprint density at radius 1 is 1.09 bits per heavy atom. The van der Waals surface area contributed by atoms with E-state index in [9.17, 15) is 4.79 Å². The number of thioether (sulfide) groups is 1. The van der Waals surface area contributed by atoms with Gasteiger partial charge in [-0.05, 0) is 30.5 Å². The van der Waals surface area contributed by atoms with Crippen molar-refractivity contribution in [3.8, 4) is 0 Å². The molecule has 1 fully saturated rings. The SMILES string of the molecule is O=C(CSc1nnc(NCc2ccccc2)s1)N1CCC[C@H](c2nc3ccccc3s2)C1. The lowest BCUT2D eigenvalue weighted by molar-refractivity contribution is -0.129. The molecule has 2 aromatic heterocycles. The molecule has 4 aromatic rings. The van der Waals surface area contributed by atoms with Gasteiger partial charge in [-0.2, -0.15) is 0 Å². The number of carbonyl (C=O) groups excluding carboxylic acids is 1. The number of aromatic nitrogens is 3. The number of fused-ring (bicyclic) bond motifs is 1. The first-order valence-corrected chi connectivity index (χ1v) is 13.2. The Kier molecular flexibility index (Phi) is 6.66. The fraction of sp³-hybridized carbons (Fsp3) is 0.304. The number of nitrogens with zero attached hydrogens (tertiary/aromatic N) is 4. The van der Waals surface area contributed by atoms with E-state index in [1.807, 2.05) is 35.2 Å². The van der Waals surface area contributed by atoms with Crippen molar-refractivity contribution in [2.75, 3.05) is 24.2 Å². The minimum Gasteiger partial charge on any atom is -0.356 e. The van der Waals surface area contributed by atoms with Gasteiger partial charge in [-0.25, -0.2) is 4.98 Å². The summed E-state index contributed by atoms with van der Waals surface area (Å²) in [7, 11) is 0. The van der Waals surface area contributed by atoms with Crippen molar-refractivity contribution in [1.29, 1.82) is 0 Å². The van der Waals surface area contributed by atoms with Crippen molar-refractivity contribution in [2.45, 2.75) is 29.6 Å². The molecule has 1 N–H and O–H groups in total. The second kappa shape index (κ2) is 9.97. The fourth-order valence-corrected chi connectivity index (χ4v) is 6.54. The molecule has 1 aliphatic heterocycles. The average molecular weight is 482 g/mol. The molecule has 1 aliphatic rings. The highest BCUT2D eigenvalue weighted by atomic mass is 32.2. The molecule has 32 heavy (non-hydrogen) atoms. The Hall–Kier alpha value is -2.49. The lowest BCUT2D eigenvalue weighted by Crippen LogP contribution is -2.40. The minimum absolute atomic E-state index is 0.162. The summed E-state index contributed by atoms with van der Waals surface area (Å²) in [5.74, 6) is 0.875. The van der Waals surface area contributed by atoms with E-state index < -0.39 is 0 Å². The van der Waals surface area contributed by atoms with Crippen molar-refractivity contribution in [3.63, 3.8) is 0 Å². The molecule has 9 heteroatoms. The van der Waals surface area contributed by atoms with E-state index in [0.29, 0.717) is 18.2 Å². The number of benzene rings is 2. The van der Waals surface area contributed by atoms with E-state index in [4.69, 9.17) is 4.98 Å². The zero-order valence-electron chi connectivity index (χ0n) is 17.4. The quantitative estimate of drug-likeness (QED) is 0.363. The van der Waals surface area contributed by atoms with Gasteiger partial charge in [0.25, 0.3) is 0 Å². The van der Waals surface area contributed by atoms with E-state index in [0.717, 1.165) is 45.9 Å². The van der Waals surface area contributed by atoms with Crippen molar-refractivity contribution in [3.05, 3.63) is 65.2 Å². The second-order valence-electron chi connectivity index (χ2n) is 7.70. The molecule has 0 bridgehead atoms. The largest absolute Gasteiger partial charge is 0.356 e. The summed E-state index contributed by atoms with van der Waals surface area (Å²) < 4.78 is 2.03. The van der Waals surface area contributed by atoms with Crippen LogP contribution in [0.2, 0.25) is 0 Å². The predicted molar refractivity (Wildman–Crippen MR) is 133 cm³/mol. The molecule has 0 radical (unpaired) electrons. The van der Waals surface area contributed by atoms with Crippen LogP contribution in [0.3, 0.4) is 0 Å². The number of nitrogens with one attached hydrogen (secondary N) is 1. The Bertz CT molecular complexity index is 1160. The highest BCUT2D eigenvalue weighted by Gasteiger charge is 2.27. The molecule has 6 nitrogen and oxygen atoms in total. The van der Waals surface area contributed by atoms with Crippen molar-refractivity contribution in [1.82, 2.24) is 20.1 Å².